The predicted octanol–water partition coefficient (Wildman–Crippen LogP) is 9.16. The first-order valence-electron chi connectivity index (χ1n) is 17.0. The SMILES string of the molecule is O=C(c1ccc(OCCOc2ccc(-c3nc4ccccc4o3)cc2)cc1)c1ccc(OCCOc2ccc(-c3nc4ccccc4o3)cc2)cc1O. The van der Waals surface area contributed by atoms with Crippen LogP contribution in [0.5, 0.6) is 28.7 Å². The quantitative estimate of drug-likeness (QED) is 0.0865. The highest BCUT2D eigenvalue weighted by Gasteiger charge is 2.15. The van der Waals surface area contributed by atoms with Crippen molar-refractivity contribution >= 4 is 28.0 Å². The van der Waals surface area contributed by atoms with Gasteiger partial charge in [0.25, 0.3) is 0 Å². The van der Waals surface area contributed by atoms with E-state index in [1.54, 1.807) is 36.4 Å². The molecular formula is C43H32N2O8. The van der Waals surface area contributed by atoms with Crippen LogP contribution in [-0.2, 0) is 0 Å². The Kier molecular flexibility index (Phi) is 9.39. The second-order valence-electron chi connectivity index (χ2n) is 11.9. The highest BCUT2D eigenvalue weighted by atomic mass is 16.5. The molecule has 8 aromatic rings. The molecule has 8 rings (SSSR count). The van der Waals surface area contributed by atoms with Gasteiger partial charge in [-0.1, -0.05) is 24.3 Å². The van der Waals surface area contributed by atoms with Crippen LogP contribution in [0, 0.1) is 0 Å². The highest BCUT2D eigenvalue weighted by Crippen LogP contribution is 2.29. The molecule has 1 N–H and O–H groups in total. The Labute approximate surface area is 303 Å². The number of phenolic OH excluding ortho intramolecular Hbond substituents is 1. The van der Waals surface area contributed by atoms with Crippen molar-refractivity contribution in [2.75, 3.05) is 26.4 Å². The average molecular weight is 705 g/mol. The summed E-state index contributed by atoms with van der Waals surface area (Å²) in [4.78, 5) is 22.2. The molecule has 6 aromatic carbocycles. The Morgan fingerprint density at radius 3 is 1.38 bits per heavy atom. The van der Waals surface area contributed by atoms with Crippen molar-refractivity contribution in [1.29, 1.82) is 0 Å². The van der Waals surface area contributed by atoms with Gasteiger partial charge in [0, 0.05) is 22.8 Å². The molecule has 0 aliphatic rings. The summed E-state index contributed by atoms with van der Waals surface area (Å²) < 4.78 is 34.8. The van der Waals surface area contributed by atoms with Crippen molar-refractivity contribution in [1.82, 2.24) is 9.97 Å². The van der Waals surface area contributed by atoms with Gasteiger partial charge in [-0.3, -0.25) is 4.79 Å². The highest BCUT2D eigenvalue weighted by molar-refractivity contribution is 6.10. The van der Waals surface area contributed by atoms with E-state index >= 15 is 0 Å². The van der Waals surface area contributed by atoms with Crippen molar-refractivity contribution in [2.45, 2.75) is 0 Å². The minimum absolute atomic E-state index is 0.164. The lowest BCUT2D eigenvalue weighted by molar-refractivity contribution is 0.103. The largest absolute Gasteiger partial charge is 0.507 e. The first-order valence-corrected chi connectivity index (χ1v) is 17.0. The molecule has 0 unspecified atom stereocenters. The smallest absolute Gasteiger partial charge is 0.227 e. The number of ether oxygens (including phenoxy) is 4. The van der Waals surface area contributed by atoms with E-state index in [0.717, 1.165) is 33.3 Å². The van der Waals surface area contributed by atoms with Gasteiger partial charge >= 0.3 is 0 Å². The summed E-state index contributed by atoms with van der Waals surface area (Å²) in [6, 6.07) is 41.6. The normalized spacial score (nSPS) is 11.1. The van der Waals surface area contributed by atoms with Crippen LogP contribution < -0.4 is 18.9 Å². The second-order valence-corrected chi connectivity index (χ2v) is 11.9. The summed E-state index contributed by atoms with van der Waals surface area (Å²) in [5, 5.41) is 10.6. The van der Waals surface area contributed by atoms with Gasteiger partial charge in [0.2, 0.25) is 11.8 Å². The number of hydrogen-bond donors (Lipinski definition) is 1. The molecule has 262 valence electrons. The van der Waals surface area contributed by atoms with E-state index in [2.05, 4.69) is 9.97 Å². The molecule has 2 aromatic heterocycles. The third kappa shape index (κ3) is 7.67. The standard InChI is InChI=1S/C43H32N2O8/c46-38-27-34(51-26-25-50-33-19-13-30(14-20-33)43-45-37-6-2-4-8-40(37)53-43)21-22-35(38)41(47)28-9-15-31(16-10-28)48-23-24-49-32-17-11-29(12-18-32)42-44-36-5-1-3-7-39(36)52-42/h1-22,27,46H,23-26H2. The molecule has 0 aliphatic carbocycles. The zero-order valence-corrected chi connectivity index (χ0v) is 28.3. The Morgan fingerprint density at radius 1 is 0.509 bits per heavy atom. The molecule has 10 nitrogen and oxygen atoms in total. The molecule has 0 fully saturated rings. The number of carbonyl (C=O) groups excluding carboxylic acids is 1. The number of para-hydroxylation sites is 4. The van der Waals surface area contributed by atoms with Crippen LogP contribution in [0.1, 0.15) is 15.9 Å². The molecule has 0 saturated carbocycles. The molecule has 0 radical (unpaired) electrons. The van der Waals surface area contributed by atoms with Crippen LogP contribution in [0.25, 0.3) is 45.1 Å². The molecule has 10 heteroatoms. The van der Waals surface area contributed by atoms with Gasteiger partial charge in [-0.05, 0) is 109 Å². The van der Waals surface area contributed by atoms with Gasteiger partial charge in [0.05, 0.1) is 5.56 Å². The van der Waals surface area contributed by atoms with Gasteiger partial charge in [0.15, 0.2) is 16.9 Å². The average Bonchev–Trinajstić information content (AvgIpc) is 3.84. The van der Waals surface area contributed by atoms with Gasteiger partial charge in [0.1, 0.15) is 66.2 Å². The van der Waals surface area contributed by atoms with Gasteiger partial charge in [-0.15, -0.1) is 0 Å². The van der Waals surface area contributed by atoms with Crippen molar-refractivity contribution < 1.29 is 37.7 Å². The third-order valence-corrected chi connectivity index (χ3v) is 8.36. The van der Waals surface area contributed by atoms with Crippen LogP contribution in [0.15, 0.2) is 148 Å². The van der Waals surface area contributed by atoms with E-state index in [1.165, 1.54) is 6.07 Å². The van der Waals surface area contributed by atoms with Crippen molar-refractivity contribution in [3.63, 3.8) is 0 Å². The maximum absolute atomic E-state index is 13.1. The maximum Gasteiger partial charge on any atom is 0.227 e. The van der Waals surface area contributed by atoms with Crippen LogP contribution in [0.4, 0.5) is 0 Å². The summed E-state index contributed by atoms with van der Waals surface area (Å²) >= 11 is 0. The molecule has 2 heterocycles. The number of fused-ring (bicyclic) bond motifs is 2. The Hall–Kier alpha value is -7.07. The van der Waals surface area contributed by atoms with E-state index in [1.807, 2.05) is 97.1 Å². The Morgan fingerprint density at radius 2 is 0.925 bits per heavy atom. The minimum Gasteiger partial charge on any atom is -0.507 e. The summed E-state index contributed by atoms with van der Waals surface area (Å²) in [6.45, 7) is 1.15. The molecule has 0 atom stereocenters. The first kappa shape index (κ1) is 33.1. The molecule has 0 spiro atoms. The Balaban J connectivity index is 0.768. The zero-order valence-electron chi connectivity index (χ0n) is 28.3. The van der Waals surface area contributed by atoms with Crippen molar-refractivity contribution in [3.8, 4) is 51.7 Å². The lowest BCUT2D eigenvalue weighted by Crippen LogP contribution is -2.09. The van der Waals surface area contributed by atoms with E-state index < -0.39 is 0 Å². The van der Waals surface area contributed by atoms with E-state index in [-0.39, 0.29) is 30.3 Å². The lowest BCUT2D eigenvalue weighted by atomic mass is 10.0. The summed E-state index contributed by atoms with van der Waals surface area (Å²) in [6.07, 6.45) is 0. The van der Waals surface area contributed by atoms with E-state index in [9.17, 15) is 9.90 Å². The van der Waals surface area contributed by atoms with Crippen molar-refractivity contribution in [2.24, 2.45) is 0 Å². The fourth-order valence-corrected chi connectivity index (χ4v) is 5.67. The third-order valence-electron chi connectivity index (χ3n) is 8.36. The van der Waals surface area contributed by atoms with Crippen LogP contribution in [0.3, 0.4) is 0 Å². The number of oxazole rings is 2. The number of phenols is 1. The topological polar surface area (TPSA) is 126 Å². The number of benzene rings is 6. The van der Waals surface area contributed by atoms with Crippen LogP contribution in [0.2, 0.25) is 0 Å². The van der Waals surface area contributed by atoms with Gasteiger partial charge < -0.3 is 32.9 Å². The molecule has 0 amide bonds. The number of ketones is 1. The Bertz CT molecular complexity index is 2420. The molecule has 53 heavy (non-hydrogen) atoms. The number of hydrogen-bond acceptors (Lipinski definition) is 10. The number of nitrogens with zero attached hydrogens (tertiary/aromatic N) is 2. The van der Waals surface area contributed by atoms with E-state index in [0.29, 0.717) is 53.6 Å². The van der Waals surface area contributed by atoms with E-state index in [4.69, 9.17) is 27.8 Å². The minimum atomic E-state index is -0.324. The zero-order chi connectivity index (χ0) is 36.0. The number of rotatable bonds is 14. The molecule has 0 aliphatic heterocycles. The first-order chi connectivity index (χ1) is 26.1. The molecule has 0 saturated heterocycles. The number of carbonyl (C=O) groups is 1. The lowest BCUT2D eigenvalue weighted by Gasteiger charge is -2.11. The summed E-state index contributed by atoms with van der Waals surface area (Å²) in [5.74, 6) is 2.96. The molecular weight excluding hydrogens is 672 g/mol. The van der Waals surface area contributed by atoms with Crippen LogP contribution >= 0.6 is 0 Å². The van der Waals surface area contributed by atoms with Crippen LogP contribution in [-0.4, -0.2) is 47.3 Å². The fourth-order valence-electron chi connectivity index (χ4n) is 5.67. The summed E-state index contributed by atoms with van der Waals surface area (Å²) in [5.41, 5.74) is 5.37. The van der Waals surface area contributed by atoms with Gasteiger partial charge in [-0.2, -0.15) is 0 Å². The number of aromatic hydroxyl groups is 1. The summed E-state index contributed by atoms with van der Waals surface area (Å²) in [7, 11) is 0. The number of aromatic nitrogens is 2. The molecule has 0 bridgehead atoms. The fraction of sp³-hybridized carbons (Fsp3) is 0.0930. The maximum atomic E-state index is 13.1. The van der Waals surface area contributed by atoms with Gasteiger partial charge in [-0.25, -0.2) is 9.97 Å². The monoisotopic (exact) mass is 704 g/mol. The second kappa shape index (κ2) is 15.0. The predicted molar refractivity (Wildman–Crippen MR) is 199 cm³/mol. The van der Waals surface area contributed by atoms with Crippen molar-refractivity contribution in [3.05, 3.63) is 151 Å².